The molecule has 1 saturated heterocycles. The Morgan fingerprint density at radius 1 is 0.848 bits per heavy atom. The minimum atomic E-state index is -4.60. The Hall–Kier alpha value is -9.53. The van der Waals surface area contributed by atoms with Crippen molar-refractivity contribution in [2.24, 2.45) is 22.2 Å². The SMILES string of the molecule is C/C(NCC12CC3(C)CC(C)(C1)CC(OCCN(CCS(=O)(=O)O)C(=O)OCc1ccc(NC(=O)[C@H](C)NC(=O)[C@@H](NC(=O)CN4C(=O)C=CC4=O)C(C)C)cc1CC[C@H]1C[C@@H](O)C[C@@H](C(=O)O)O1)(C3)C2)=C(/C=N)c1ccc(N2CCc3cccc(C(=O)Nc4nc5ccccc5s4)c3C2)nc1C(=O)O. The molecule has 7 atom stereocenters. The van der Waals surface area contributed by atoms with Gasteiger partial charge in [-0.05, 0) is 165 Å². The van der Waals surface area contributed by atoms with E-state index in [4.69, 9.17) is 24.6 Å². The number of ether oxygens (including phenoxy) is 3. The van der Waals surface area contributed by atoms with Crippen LogP contribution >= 0.6 is 11.3 Å². The Labute approximate surface area is 611 Å². The molecule has 2 unspecified atom stereocenters. The number of aromatic nitrogens is 2. The van der Waals surface area contributed by atoms with Gasteiger partial charge in [0.25, 0.3) is 27.8 Å². The van der Waals surface area contributed by atoms with Gasteiger partial charge in [-0.25, -0.2) is 24.4 Å². The molecule has 4 aliphatic carbocycles. The van der Waals surface area contributed by atoms with Crippen LogP contribution < -0.4 is 31.5 Å². The number of aliphatic hydroxyl groups excluding tert-OH is 1. The first-order valence-electron chi connectivity index (χ1n) is 35.1. The molecule has 5 heterocycles. The standard InChI is InChI=1S/C74H89N11O18S2/c1-42(2)62(81-59(87)33-85-60(88)20-21-61(85)89)66(92)77-44(4)64(90)78-48-16-14-47(46(28-48)15-17-50-29-49(86)30-56(103-50)67(93)94)34-101-70(97)83(25-27-105(98,99)100)24-26-102-74-38-71(5)35-72(6,39-74)37-73(36-71,40-74)41-76-43(3)53(31-75)51-18-19-58(80-63(51)68(95)96)84-23-22-45-10-9-11-52(54(45)32-84)65(91)82-69-79-55-12-7-8-13-57(55)104-69/h7-14,16,18-21,28,31,42,44,49-50,56,62,75-76,86H,15,17,22-27,29-30,32-41H2,1-6H3,(H,77,92)(H,78,90)(H,81,87)(H,93,94)(H,95,96)(H,79,82,91)(H,98,99,100)/b53-43+,75-31?/t44-,49+,50-,56-,62-,71?,72?,73?,74?/m0/s1. The number of hydrogen-bond acceptors (Lipinski definition) is 21. The number of amides is 7. The van der Waals surface area contributed by atoms with Crippen LogP contribution in [0.2, 0.25) is 0 Å². The van der Waals surface area contributed by atoms with Gasteiger partial charge in [0.15, 0.2) is 16.9 Å². The van der Waals surface area contributed by atoms with Crippen LogP contribution in [0.3, 0.4) is 0 Å². The topological polar surface area (TPSA) is 416 Å². The van der Waals surface area contributed by atoms with Crippen LogP contribution in [0, 0.1) is 27.6 Å². The van der Waals surface area contributed by atoms with E-state index in [-0.39, 0.29) is 77.9 Å². The number of nitrogens with one attached hydrogen (secondary N) is 6. The highest BCUT2D eigenvalue weighted by Crippen LogP contribution is 2.71. The zero-order valence-electron chi connectivity index (χ0n) is 59.3. The number of nitrogens with zero attached hydrogens (tertiary/aromatic N) is 5. The molecule has 10 N–H and O–H groups in total. The van der Waals surface area contributed by atoms with Crippen LogP contribution in [-0.4, -0.2) is 189 Å². The van der Waals surface area contributed by atoms with Crippen LogP contribution in [0.4, 0.5) is 21.4 Å². The number of aliphatic carboxylic acids is 1. The molecule has 5 fully saturated rings. The lowest BCUT2D eigenvalue weighted by Gasteiger charge is -2.69. The maximum atomic E-state index is 14.3. The number of rotatable bonds is 30. The third kappa shape index (κ3) is 18.2. The number of carbonyl (C=O) groups excluding carboxylic acids is 7. The van der Waals surface area contributed by atoms with Crippen molar-refractivity contribution in [2.45, 2.75) is 161 Å². The number of aliphatic hydroxyl groups is 1. The minimum absolute atomic E-state index is 0.0452. The van der Waals surface area contributed by atoms with Gasteiger partial charge < -0.3 is 66.0 Å². The summed E-state index contributed by atoms with van der Waals surface area (Å²) in [5, 5.41) is 54.7. The molecular weight excluding hydrogens is 1400 g/mol. The Morgan fingerprint density at radius 3 is 2.27 bits per heavy atom. The third-order valence-corrected chi connectivity index (χ3v) is 22.4. The number of para-hydroxylation sites is 1. The van der Waals surface area contributed by atoms with Crippen LogP contribution in [0.15, 0.2) is 90.6 Å². The van der Waals surface area contributed by atoms with E-state index in [0.717, 1.165) is 63.9 Å². The fourth-order valence-corrected chi connectivity index (χ4v) is 18.3. The number of aryl methyl sites for hydroxylation is 1. The van der Waals surface area contributed by atoms with Crippen LogP contribution in [0.25, 0.3) is 15.8 Å². The normalized spacial score (nSPS) is 24.0. The van der Waals surface area contributed by atoms with Gasteiger partial charge in [0.2, 0.25) is 17.7 Å². The first-order valence-corrected chi connectivity index (χ1v) is 37.5. The zero-order valence-corrected chi connectivity index (χ0v) is 61.0. The summed E-state index contributed by atoms with van der Waals surface area (Å²) < 4.78 is 54.1. The number of anilines is 3. The van der Waals surface area contributed by atoms with Gasteiger partial charge >= 0.3 is 18.0 Å². The monoisotopic (exact) mass is 1480 g/mol. The van der Waals surface area contributed by atoms with Crippen molar-refractivity contribution in [1.82, 2.24) is 35.7 Å². The molecule has 7 aliphatic rings. The molecule has 0 spiro atoms. The number of pyridine rings is 1. The third-order valence-electron chi connectivity index (χ3n) is 20.7. The highest BCUT2D eigenvalue weighted by Gasteiger charge is 2.66. The maximum absolute atomic E-state index is 14.3. The number of benzene rings is 3. The number of carboxylic acids is 2. The van der Waals surface area contributed by atoms with Gasteiger partial charge in [-0.15, -0.1) is 0 Å². The average Bonchev–Trinajstić information content (AvgIpc) is 0.817. The molecule has 31 heteroatoms. The van der Waals surface area contributed by atoms with Crippen molar-refractivity contribution in [3.8, 4) is 0 Å². The van der Waals surface area contributed by atoms with Crippen molar-refractivity contribution >= 4 is 114 Å². The van der Waals surface area contributed by atoms with E-state index in [2.05, 4.69) is 45.4 Å². The Balaban J connectivity index is 0.747. The van der Waals surface area contributed by atoms with Crippen molar-refractivity contribution in [3.63, 3.8) is 0 Å². The van der Waals surface area contributed by atoms with Crippen molar-refractivity contribution in [1.29, 1.82) is 5.41 Å². The molecule has 5 aromatic rings. The molecule has 4 saturated carbocycles. The molecule has 7 amide bonds. The highest BCUT2D eigenvalue weighted by molar-refractivity contribution is 7.85. The maximum Gasteiger partial charge on any atom is 0.410 e. The summed E-state index contributed by atoms with van der Waals surface area (Å²) in [4.78, 5) is 131. The van der Waals surface area contributed by atoms with Crippen molar-refractivity contribution in [2.75, 3.05) is 60.6 Å². The van der Waals surface area contributed by atoms with Crippen LogP contribution in [0.5, 0.6) is 0 Å². The van der Waals surface area contributed by atoms with Gasteiger partial charge in [0.05, 0.1) is 40.4 Å². The lowest BCUT2D eigenvalue weighted by atomic mass is 9.39. The molecule has 2 aromatic heterocycles. The first kappa shape index (κ1) is 76.6. The summed E-state index contributed by atoms with van der Waals surface area (Å²) in [5.41, 5.74) is 3.75. The smallest absolute Gasteiger partial charge is 0.410 e. The molecule has 29 nitrogen and oxygen atoms in total. The van der Waals surface area contributed by atoms with Gasteiger partial charge in [-0.1, -0.05) is 69.4 Å². The van der Waals surface area contributed by atoms with E-state index in [1.165, 1.54) is 24.3 Å². The average molecular weight is 1480 g/mol. The highest BCUT2D eigenvalue weighted by atomic mass is 32.2. The van der Waals surface area contributed by atoms with E-state index in [1.807, 2.05) is 48.2 Å². The largest absolute Gasteiger partial charge is 0.479 e. The van der Waals surface area contributed by atoms with Crippen LogP contribution in [-0.2, 0) is 79.1 Å². The summed E-state index contributed by atoms with van der Waals surface area (Å²) in [7, 11) is -4.60. The minimum Gasteiger partial charge on any atom is -0.479 e. The second-order valence-electron chi connectivity index (χ2n) is 29.8. The molecule has 0 radical (unpaired) electrons. The number of carbonyl (C=O) groups is 9. The molecule has 4 bridgehead atoms. The number of imide groups is 1. The molecule has 3 aromatic carbocycles. The quantitative estimate of drug-likeness (QED) is 0.0123. The van der Waals surface area contributed by atoms with E-state index >= 15 is 0 Å². The molecule has 105 heavy (non-hydrogen) atoms. The van der Waals surface area contributed by atoms with Gasteiger partial charge in [0.1, 0.15) is 31.1 Å². The fraction of sp³-hybridized carbons (Fsp3) is 0.486. The van der Waals surface area contributed by atoms with Gasteiger partial charge in [-0.2, -0.15) is 8.42 Å². The molecular formula is C74H89N11O18S2. The molecule has 560 valence electrons. The van der Waals surface area contributed by atoms with Gasteiger partial charge in [0, 0.05) is 85.6 Å². The predicted octanol–water partition coefficient (Wildman–Crippen LogP) is 7.27. The van der Waals surface area contributed by atoms with Crippen LogP contribution in [0.1, 0.15) is 148 Å². The lowest BCUT2D eigenvalue weighted by Crippen LogP contribution is -2.65. The Morgan fingerprint density at radius 2 is 1.58 bits per heavy atom. The Kier molecular flexibility index (Phi) is 22.8. The van der Waals surface area contributed by atoms with E-state index in [9.17, 15) is 71.4 Å². The second kappa shape index (κ2) is 31.3. The molecule has 12 rings (SSSR count). The second-order valence-corrected chi connectivity index (χ2v) is 32.4. The summed E-state index contributed by atoms with van der Waals surface area (Å²) >= 11 is 1.38. The number of carboxylic acid groups (broad SMARTS) is 2. The zero-order chi connectivity index (χ0) is 75.5. The van der Waals surface area contributed by atoms with Crippen molar-refractivity contribution < 1.29 is 85.7 Å². The summed E-state index contributed by atoms with van der Waals surface area (Å²) in [6.45, 7) is 10.6. The summed E-state index contributed by atoms with van der Waals surface area (Å²) in [6.07, 6.45) is 4.86. The number of fused-ring (bicyclic) bond motifs is 2. The number of hydrogen-bond donors (Lipinski definition) is 10. The van der Waals surface area contributed by atoms with E-state index in [0.29, 0.717) is 89.1 Å². The number of allylic oxidation sites excluding steroid dienone is 2. The Bertz CT molecular complexity index is 4390. The fourth-order valence-electron chi connectivity index (χ4n) is 17.0. The van der Waals surface area contributed by atoms with Crippen molar-refractivity contribution in [3.05, 3.63) is 130 Å². The first-order chi connectivity index (χ1) is 49.7. The van der Waals surface area contributed by atoms with Gasteiger partial charge in [-0.3, -0.25) is 43.5 Å². The predicted molar refractivity (Wildman–Crippen MR) is 388 cm³/mol. The summed E-state index contributed by atoms with van der Waals surface area (Å²) in [6, 6.07) is 19.0. The van der Waals surface area contributed by atoms with E-state index in [1.54, 1.807) is 44.2 Å². The summed E-state index contributed by atoms with van der Waals surface area (Å²) in [5.74, 6) is -7.29. The lowest BCUT2D eigenvalue weighted by molar-refractivity contribution is -0.243. The number of aromatic carboxylic acids is 1. The number of thiazole rings is 1. The molecule has 3 aliphatic heterocycles. The van der Waals surface area contributed by atoms with E-state index < -0.39 is 125 Å².